The van der Waals surface area contributed by atoms with Crippen LogP contribution in [0.1, 0.15) is 90.4 Å². The van der Waals surface area contributed by atoms with Crippen LogP contribution < -0.4 is 14.5 Å². The van der Waals surface area contributed by atoms with E-state index in [9.17, 15) is 0 Å². The van der Waals surface area contributed by atoms with Crippen molar-refractivity contribution in [3.63, 3.8) is 0 Å². The third-order valence-electron chi connectivity index (χ3n) is 9.37. The zero-order valence-corrected chi connectivity index (χ0v) is 31.6. The first-order valence-electron chi connectivity index (χ1n) is 18.3. The fourth-order valence-electron chi connectivity index (χ4n) is 6.27. The summed E-state index contributed by atoms with van der Waals surface area (Å²) < 4.78 is 12.8. The van der Waals surface area contributed by atoms with E-state index in [0.29, 0.717) is 11.8 Å². The summed E-state index contributed by atoms with van der Waals surface area (Å²) >= 11 is 0. The summed E-state index contributed by atoms with van der Waals surface area (Å²) in [5, 5.41) is 3.22. The summed E-state index contributed by atoms with van der Waals surface area (Å²) in [5.41, 5.74) is 6.60. The molecular weight excluding hydrogens is 668 g/mol. The second-order valence-electron chi connectivity index (χ2n) is 13.3. The maximum absolute atomic E-state index is 6.39. The van der Waals surface area contributed by atoms with Gasteiger partial charge in [-0.1, -0.05) is 103 Å². The molecule has 0 fully saturated rings. The number of para-hydroxylation sites is 1. The standard InChI is InChI=1S/C30H44N2O2.C13H9N2.Cu/c1-7-11-13-23(9-3)19-33-27-17-21(5)31-29-25(27)15-16-26-28(18-22(6)32-30(26)29)34-20-24(10-4)14-12-8-2;1-2-6-11-10(5-1)9-13(15-11)12-7-3-4-8-14-12;/h15-18,23-24H,7-14,19-20H2,1-6H3;1-9H;/q;-1;+1. The molecule has 6 nitrogen and oxygen atoms in total. The van der Waals surface area contributed by atoms with E-state index in [2.05, 4.69) is 74.1 Å². The van der Waals surface area contributed by atoms with Gasteiger partial charge in [0.1, 0.15) is 22.5 Å². The minimum Gasteiger partial charge on any atom is -0.656 e. The van der Waals surface area contributed by atoms with Crippen LogP contribution in [0.25, 0.3) is 44.1 Å². The van der Waals surface area contributed by atoms with Gasteiger partial charge >= 0.3 is 17.1 Å². The summed E-state index contributed by atoms with van der Waals surface area (Å²) in [6.07, 6.45) is 11.5. The number of ether oxygens (including phenoxy) is 2. The number of unbranched alkanes of at least 4 members (excludes halogenated alkanes) is 2. The van der Waals surface area contributed by atoms with Crippen LogP contribution >= 0.6 is 0 Å². The molecule has 7 heteroatoms. The predicted octanol–water partition coefficient (Wildman–Crippen LogP) is 11.4. The smallest absolute Gasteiger partial charge is 0.656 e. The zero-order valence-electron chi connectivity index (χ0n) is 30.6. The Labute approximate surface area is 309 Å². The molecule has 50 heavy (non-hydrogen) atoms. The van der Waals surface area contributed by atoms with E-state index in [0.717, 1.165) is 93.0 Å². The molecule has 0 aliphatic carbocycles. The fraction of sp³-hybridized carbons (Fsp3) is 0.419. The molecule has 2 unspecified atom stereocenters. The Hall–Kier alpha value is -3.93. The van der Waals surface area contributed by atoms with Gasteiger partial charge in [0.15, 0.2) is 0 Å². The molecule has 0 spiro atoms. The number of nitrogens with zero attached hydrogens (tertiary/aromatic N) is 4. The first kappa shape index (κ1) is 38.9. The van der Waals surface area contributed by atoms with Crippen molar-refractivity contribution in [1.29, 1.82) is 0 Å². The van der Waals surface area contributed by atoms with Gasteiger partial charge in [0.05, 0.1) is 13.2 Å². The van der Waals surface area contributed by atoms with E-state index >= 15 is 0 Å². The van der Waals surface area contributed by atoms with Crippen molar-refractivity contribution in [2.75, 3.05) is 13.2 Å². The molecule has 4 heterocycles. The van der Waals surface area contributed by atoms with Crippen LogP contribution in [-0.4, -0.2) is 28.2 Å². The molecule has 268 valence electrons. The number of hydrogen-bond donors (Lipinski definition) is 0. The SMILES string of the molecule is CCCCC(CC)COc1cc(C)nc2c1ccc1c(OCC(CC)CCCC)cc(C)nc12.[Cu+].c1ccc(-c2cc3ccccc3[n-]2)nc1. The Morgan fingerprint density at radius 3 is 1.68 bits per heavy atom. The normalized spacial score (nSPS) is 12.3. The first-order chi connectivity index (χ1) is 23.9. The number of benzene rings is 2. The monoisotopic (exact) mass is 720 g/mol. The molecule has 0 N–H and O–H groups in total. The molecule has 0 bridgehead atoms. The van der Waals surface area contributed by atoms with Crippen LogP contribution in [0.15, 0.2) is 79.0 Å². The van der Waals surface area contributed by atoms with Crippen molar-refractivity contribution in [3.8, 4) is 22.9 Å². The van der Waals surface area contributed by atoms with Crippen molar-refractivity contribution in [2.24, 2.45) is 11.8 Å². The topological polar surface area (TPSA) is 71.2 Å². The molecule has 2 aromatic carbocycles. The summed E-state index contributed by atoms with van der Waals surface area (Å²) in [7, 11) is 0. The van der Waals surface area contributed by atoms with Gasteiger partial charge in [0, 0.05) is 46.2 Å². The van der Waals surface area contributed by atoms with E-state index in [-0.39, 0.29) is 17.1 Å². The molecule has 4 aromatic heterocycles. The molecule has 0 saturated heterocycles. The largest absolute Gasteiger partial charge is 1.00 e. The second-order valence-corrected chi connectivity index (χ2v) is 13.3. The molecule has 0 amide bonds. The summed E-state index contributed by atoms with van der Waals surface area (Å²) in [5.74, 6) is 3.00. The zero-order chi connectivity index (χ0) is 34.6. The van der Waals surface area contributed by atoms with Gasteiger partial charge in [-0.15, -0.1) is 11.2 Å². The maximum atomic E-state index is 6.39. The molecule has 6 aromatic rings. The maximum Gasteiger partial charge on any atom is 1.00 e. The van der Waals surface area contributed by atoms with Gasteiger partial charge < -0.3 is 14.5 Å². The van der Waals surface area contributed by atoms with Crippen LogP contribution in [0.3, 0.4) is 0 Å². The van der Waals surface area contributed by atoms with Gasteiger partial charge in [0.25, 0.3) is 0 Å². The Balaban J connectivity index is 0.000000290. The van der Waals surface area contributed by atoms with E-state index < -0.39 is 0 Å². The van der Waals surface area contributed by atoms with Gasteiger partial charge in [-0.2, -0.15) is 0 Å². The molecule has 6 rings (SSSR count). The van der Waals surface area contributed by atoms with Crippen LogP contribution in [0.4, 0.5) is 0 Å². The van der Waals surface area contributed by atoms with Crippen molar-refractivity contribution in [3.05, 3.63) is 90.4 Å². The van der Waals surface area contributed by atoms with Crippen molar-refractivity contribution >= 4 is 32.7 Å². The molecule has 0 saturated carbocycles. The second kappa shape index (κ2) is 19.5. The first-order valence-corrected chi connectivity index (χ1v) is 18.3. The minimum atomic E-state index is 0. The van der Waals surface area contributed by atoms with E-state index in [1.54, 1.807) is 6.20 Å². The Morgan fingerprint density at radius 2 is 1.20 bits per heavy atom. The van der Waals surface area contributed by atoms with Gasteiger partial charge in [-0.05, 0) is 68.2 Å². The Kier molecular flexibility index (Phi) is 15.1. The number of pyridine rings is 3. The van der Waals surface area contributed by atoms with Crippen molar-refractivity contribution in [1.82, 2.24) is 19.9 Å². The van der Waals surface area contributed by atoms with Crippen LogP contribution in [-0.2, 0) is 17.1 Å². The van der Waals surface area contributed by atoms with Gasteiger partial charge in [0.2, 0.25) is 0 Å². The van der Waals surface area contributed by atoms with Gasteiger partial charge in [-0.3, -0.25) is 15.0 Å². The number of rotatable bonds is 15. The van der Waals surface area contributed by atoms with Crippen molar-refractivity contribution < 1.29 is 26.5 Å². The fourth-order valence-corrected chi connectivity index (χ4v) is 6.27. The third-order valence-corrected chi connectivity index (χ3v) is 9.37. The molecule has 2 atom stereocenters. The molecular formula is C43H53CuN4O2. The Morgan fingerprint density at radius 1 is 0.660 bits per heavy atom. The Bertz CT molecular complexity index is 1810. The van der Waals surface area contributed by atoms with E-state index in [1.165, 1.54) is 38.5 Å². The predicted molar refractivity (Wildman–Crippen MR) is 205 cm³/mol. The van der Waals surface area contributed by atoms with Crippen LogP contribution in [0.2, 0.25) is 0 Å². The molecule has 0 radical (unpaired) electrons. The number of fused-ring (bicyclic) bond motifs is 4. The average Bonchev–Trinajstić information content (AvgIpc) is 3.57. The quantitative estimate of drug-likeness (QED) is 0.0777. The van der Waals surface area contributed by atoms with Crippen LogP contribution in [0, 0.1) is 25.7 Å². The minimum absolute atomic E-state index is 0. The molecule has 0 aliphatic rings. The number of hydrogen-bond acceptors (Lipinski definition) is 5. The van der Waals surface area contributed by atoms with E-state index in [1.807, 2.05) is 50.2 Å². The molecule has 0 aliphatic heterocycles. The van der Waals surface area contributed by atoms with Gasteiger partial charge in [-0.25, -0.2) is 0 Å². The van der Waals surface area contributed by atoms with Crippen molar-refractivity contribution in [2.45, 2.75) is 92.9 Å². The summed E-state index contributed by atoms with van der Waals surface area (Å²) in [6.45, 7) is 14.6. The summed E-state index contributed by atoms with van der Waals surface area (Å²) in [6, 6.07) is 24.4. The average molecular weight is 721 g/mol. The third kappa shape index (κ3) is 10.1. The summed E-state index contributed by atoms with van der Waals surface area (Å²) in [4.78, 5) is 18.6. The number of aromatic nitrogens is 4. The van der Waals surface area contributed by atoms with E-state index in [4.69, 9.17) is 19.4 Å². The number of aryl methyl sites for hydroxylation is 2. The van der Waals surface area contributed by atoms with Crippen LogP contribution in [0.5, 0.6) is 11.5 Å².